The minimum absolute atomic E-state index is 0.269. The maximum atomic E-state index is 11.7. The molecule has 4 nitrogen and oxygen atoms in total. The summed E-state index contributed by atoms with van der Waals surface area (Å²) in [6, 6.07) is 5.88. The highest BCUT2D eigenvalue weighted by atomic mass is 16.5. The van der Waals surface area contributed by atoms with Gasteiger partial charge in [-0.25, -0.2) is 4.79 Å². The Morgan fingerprint density at radius 1 is 1.40 bits per heavy atom. The van der Waals surface area contributed by atoms with E-state index in [4.69, 9.17) is 10.5 Å². The van der Waals surface area contributed by atoms with E-state index in [0.717, 1.165) is 12.1 Å². The molecular weight excluding hydrogens is 252 g/mol. The van der Waals surface area contributed by atoms with Crippen molar-refractivity contribution < 1.29 is 9.53 Å². The van der Waals surface area contributed by atoms with Crippen LogP contribution in [0.5, 0.6) is 0 Å². The van der Waals surface area contributed by atoms with E-state index < -0.39 is 5.97 Å². The van der Waals surface area contributed by atoms with Gasteiger partial charge in [0.05, 0.1) is 12.7 Å². The second-order valence-corrected chi connectivity index (χ2v) is 6.22. The molecule has 0 spiro atoms. The Kier molecular flexibility index (Phi) is 4.21. The summed E-state index contributed by atoms with van der Waals surface area (Å²) in [4.78, 5) is 11.7. The van der Waals surface area contributed by atoms with Gasteiger partial charge in [0.15, 0.2) is 0 Å². The molecule has 1 aromatic carbocycles. The van der Waals surface area contributed by atoms with Gasteiger partial charge in [-0.3, -0.25) is 0 Å². The molecular formula is C16H24N2O2. The van der Waals surface area contributed by atoms with Crippen LogP contribution in [0.2, 0.25) is 0 Å². The van der Waals surface area contributed by atoms with Crippen molar-refractivity contribution in [3.8, 4) is 0 Å². The zero-order valence-electron chi connectivity index (χ0n) is 12.5. The minimum atomic E-state index is -0.394. The smallest absolute Gasteiger partial charge is 0.340 e. The van der Waals surface area contributed by atoms with Gasteiger partial charge in [-0.05, 0) is 36.5 Å². The van der Waals surface area contributed by atoms with Crippen LogP contribution < -0.4 is 11.1 Å². The molecule has 1 atom stereocenters. The molecule has 0 heterocycles. The third-order valence-corrected chi connectivity index (χ3v) is 4.31. The van der Waals surface area contributed by atoms with E-state index >= 15 is 0 Å². The number of hydrogen-bond donors (Lipinski definition) is 2. The number of ether oxygens (including phenoxy) is 1. The molecule has 0 aliphatic heterocycles. The van der Waals surface area contributed by atoms with Crippen LogP contribution in [0.1, 0.15) is 49.9 Å². The quantitative estimate of drug-likeness (QED) is 0.655. The minimum Gasteiger partial charge on any atom is -0.465 e. The van der Waals surface area contributed by atoms with Gasteiger partial charge in [-0.15, -0.1) is 0 Å². The van der Waals surface area contributed by atoms with Gasteiger partial charge in [0.1, 0.15) is 0 Å². The number of carbonyl (C=O) groups excluding carboxylic acids is 1. The average molecular weight is 276 g/mol. The molecule has 0 bridgehead atoms. The lowest BCUT2D eigenvalue weighted by molar-refractivity contribution is 0.0602. The van der Waals surface area contributed by atoms with E-state index in [-0.39, 0.29) is 5.41 Å². The van der Waals surface area contributed by atoms with Crippen molar-refractivity contribution in [3.05, 3.63) is 23.8 Å². The van der Waals surface area contributed by atoms with E-state index in [2.05, 4.69) is 19.2 Å². The van der Waals surface area contributed by atoms with Crippen molar-refractivity contribution in [2.75, 3.05) is 18.2 Å². The molecule has 1 aliphatic carbocycles. The zero-order valence-corrected chi connectivity index (χ0v) is 12.5. The average Bonchev–Trinajstić information content (AvgIpc) is 2.42. The van der Waals surface area contributed by atoms with Crippen LogP contribution in [0.25, 0.3) is 0 Å². The number of benzene rings is 1. The zero-order chi connectivity index (χ0) is 14.8. The summed E-state index contributed by atoms with van der Waals surface area (Å²) >= 11 is 0. The van der Waals surface area contributed by atoms with Crippen LogP contribution in [0, 0.1) is 5.41 Å². The SMILES string of the molecule is COC(=O)c1cc(NC2CCCCC2(C)C)ccc1N. The highest BCUT2D eigenvalue weighted by Crippen LogP contribution is 2.37. The first-order chi connectivity index (χ1) is 9.44. The normalized spacial score (nSPS) is 21.2. The van der Waals surface area contributed by atoms with Crippen molar-refractivity contribution in [2.45, 2.75) is 45.6 Å². The Bertz CT molecular complexity index is 497. The fourth-order valence-corrected chi connectivity index (χ4v) is 2.90. The lowest BCUT2D eigenvalue weighted by Crippen LogP contribution is -2.38. The summed E-state index contributed by atoms with van der Waals surface area (Å²) in [6.07, 6.45) is 4.93. The van der Waals surface area contributed by atoms with Crippen LogP contribution in [0.3, 0.4) is 0 Å². The van der Waals surface area contributed by atoms with Gasteiger partial charge in [0, 0.05) is 17.4 Å². The first-order valence-electron chi connectivity index (χ1n) is 7.18. The summed E-state index contributed by atoms with van der Waals surface area (Å²) in [5.74, 6) is -0.394. The molecule has 0 radical (unpaired) electrons. The Morgan fingerprint density at radius 3 is 2.80 bits per heavy atom. The van der Waals surface area contributed by atoms with Crippen LogP contribution in [-0.2, 0) is 4.74 Å². The van der Waals surface area contributed by atoms with Crippen molar-refractivity contribution in [1.82, 2.24) is 0 Å². The van der Waals surface area contributed by atoms with Gasteiger partial charge in [0.2, 0.25) is 0 Å². The Labute approximate surface area is 120 Å². The summed E-state index contributed by atoms with van der Waals surface area (Å²) in [7, 11) is 1.37. The number of esters is 1. The van der Waals surface area contributed by atoms with Crippen molar-refractivity contribution in [3.63, 3.8) is 0 Å². The summed E-state index contributed by atoms with van der Waals surface area (Å²) in [5.41, 5.74) is 7.89. The number of methoxy groups -OCH3 is 1. The van der Waals surface area contributed by atoms with E-state index in [9.17, 15) is 4.79 Å². The molecule has 1 unspecified atom stereocenters. The van der Waals surface area contributed by atoms with Crippen LogP contribution >= 0.6 is 0 Å². The molecule has 110 valence electrons. The number of nitrogens with two attached hydrogens (primary N) is 1. The van der Waals surface area contributed by atoms with Gasteiger partial charge < -0.3 is 15.8 Å². The van der Waals surface area contributed by atoms with Crippen LogP contribution in [0.4, 0.5) is 11.4 Å². The maximum Gasteiger partial charge on any atom is 0.340 e. The van der Waals surface area contributed by atoms with Crippen LogP contribution in [0.15, 0.2) is 18.2 Å². The number of nitrogen functional groups attached to an aromatic ring is 1. The highest BCUT2D eigenvalue weighted by Gasteiger charge is 2.32. The van der Waals surface area contributed by atoms with Gasteiger partial charge in [-0.1, -0.05) is 26.7 Å². The topological polar surface area (TPSA) is 64.3 Å². The van der Waals surface area contributed by atoms with E-state index in [0.29, 0.717) is 17.3 Å². The summed E-state index contributed by atoms with van der Waals surface area (Å²) in [6.45, 7) is 4.59. The molecule has 1 aliphatic rings. The third-order valence-electron chi connectivity index (χ3n) is 4.31. The Morgan fingerprint density at radius 2 is 2.15 bits per heavy atom. The highest BCUT2D eigenvalue weighted by molar-refractivity contribution is 5.96. The number of anilines is 2. The van der Waals surface area contributed by atoms with Gasteiger partial charge in [-0.2, -0.15) is 0 Å². The maximum absolute atomic E-state index is 11.7. The monoisotopic (exact) mass is 276 g/mol. The number of hydrogen-bond acceptors (Lipinski definition) is 4. The van der Waals surface area contributed by atoms with E-state index in [1.54, 1.807) is 12.1 Å². The largest absolute Gasteiger partial charge is 0.465 e. The second kappa shape index (κ2) is 5.73. The van der Waals surface area contributed by atoms with E-state index in [1.807, 2.05) is 6.07 Å². The number of rotatable bonds is 3. The molecule has 4 heteroatoms. The lowest BCUT2D eigenvalue weighted by atomic mass is 9.73. The second-order valence-electron chi connectivity index (χ2n) is 6.22. The molecule has 20 heavy (non-hydrogen) atoms. The van der Waals surface area contributed by atoms with E-state index in [1.165, 1.54) is 26.4 Å². The Hall–Kier alpha value is -1.71. The standard InChI is InChI=1S/C16H24N2O2/c1-16(2)9-5-4-6-14(16)18-11-7-8-13(17)12(10-11)15(19)20-3/h7-8,10,14,18H,4-6,9,17H2,1-3H3. The van der Waals surface area contributed by atoms with Crippen molar-refractivity contribution >= 4 is 17.3 Å². The molecule has 1 fully saturated rings. The van der Waals surface area contributed by atoms with Gasteiger partial charge >= 0.3 is 5.97 Å². The fourth-order valence-electron chi connectivity index (χ4n) is 2.90. The van der Waals surface area contributed by atoms with Crippen molar-refractivity contribution in [1.29, 1.82) is 0 Å². The molecule has 1 saturated carbocycles. The lowest BCUT2D eigenvalue weighted by Gasteiger charge is -2.39. The van der Waals surface area contributed by atoms with Crippen LogP contribution in [-0.4, -0.2) is 19.1 Å². The Balaban J connectivity index is 2.19. The predicted molar refractivity (Wildman–Crippen MR) is 81.9 cm³/mol. The molecule has 2 rings (SSSR count). The molecule has 3 N–H and O–H groups in total. The first-order valence-corrected chi connectivity index (χ1v) is 7.18. The molecule has 0 amide bonds. The first kappa shape index (κ1) is 14.7. The predicted octanol–water partition coefficient (Wildman–Crippen LogP) is 3.44. The van der Waals surface area contributed by atoms with Crippen molar-refractivity contribution in [2.24, 2.45) is 5.41 Å². The third kappa shape index (κ3) is 3.06. The number of carbonyl (C=O) groups is 1. The molecule has 0 saturated heterocycles. The number of nitrogens with one attached hydrogen (secondary N) is 1. The summed E-state index contributed by atoms with van der Waals surface area (Å²) < 4.78 is 4.76. The van der Waals surface area contributed by atoms with Gasteiger partial charge in [0.25, 0.3) is 0 Å². The molecule has 1 aromatic rings. The molecule has 0 aromatic heterocycles. The summed E-state index contributed by atoms with van der Waals surface area (Å²) in [5, 5.41) is 3.55. The fraction of sp³-hybridized carbons (Fsp3) is 0.562.